The van der Waals surface area contributed by atoms with Crippen molar-refractivity contribution in [3.8, 4) is 0 Å². The van der Waals surface area contributed by atoms with Gasteiger partial charge in [-0.15, -0.1) is 10.2 Å². The van der Waals surface area contributed by atoms with E-state index in [0.717, 1.165) is 16.8 Å². The Morgan fingerprint density at radius 1 is 1.29 bits per heavy atom. The number of anilines is 1. The topological polar surface area (TPSA) is 92.3 Å². The van der Waals surface area contributed by atoms with Gasteiger partial charge in [-0.1, -0.05) is 41.2 Å². The van der Waals surface area contributed by atoms with E-state index in [9.17, 15) is 13.2 Å². The van der Waals surface area contributed by atoms with Crippen LogP contribution in [-0.4, -0.2) is 48.2 Å². The molecule has 0 aliphatic carbocycles. The molecule has 1 aliphatic heterocycles. The number of rotatable bonds is 5. The zero-order valence-corrected chi connectivity index (χ0v) is 15.0. The first-order valence-corrected chi connectivity index (χ1v) is 10.1. The summed E-state index contributed by atoms with van der Waals surface area (Å²) in [6, 6.07) is 8.18. The third kappa shape index (κ3) is 3.97. The van der Waals surface area contributed by atoms with Crippen LogP contribution in [0.25, 0.3) is 0 Å². The van der Waals surface area contributed by atoms with Crippen LogP contribution in [0, 0.1) is 12.8 Å². The molecule has 128 valence electrons. The van der Waals surface area contributed by atoms with Gasteiger partial charge in [-0.25, -0.2) is 12.7 Å². The summed E-state index contributed by atoms with van der Waals surface area (Å²) >= 11 is 1.33. The van der Waals surface area contributed by atoms with E-state index in [0.29, 0.717) is 11.6 Å². The molecule has 0 atom stereocenters. The van der Waals surface area contributed by atoms with Crippen LogP contribution in [0.3, 0.4) is 0 Å². The minimum absolute atomic E-state index is 0.215. The number of nitrogens with zero attached hydrogens (tertiary/aromatic N) is 3. The molecule has 1 aliphatic rings. The number of aryl methyl sites for hydroxylation is 1. The molecular weight excluding hydrogens is 348 g/mol. The maximum Gasteiger partial charge on any atom is 0.231 e. The summed E-state index contributed by atoms with van der Waals surface area (Å²) in [6.07, 6.45) is 1.81. The van der Waals surface area contributed by atoms with Crippen LogP contribution in [0.4, 0.5) is 5.13 Å². The Bertz CT molecular complexity index is 840. The number of sulfonamides is 1. The van der Waals surface area contributed by atoms with Gasteiger partial charge in [0.15, 0.2) is 0 Å². The van der Waals surface area contributed by atoms with Crippen LogP contribution in [0.2, 0.25) is 0 Å². The first kappa shape index (κ1) is 17.0. The van der Waals surface area contributed by atoms with Crippen molar-refractivity contribution in [3.05, 3.63) is 40.4 Å². The van der Waals surface area contributed by atoms with Crippen LogP contribution in [0.1, 0.15) is 16.1 Å². The van der Waals surface area contributed by atoms with Crippen molar-refractivity contribution in [3.63, 3.8) is 0 Å². The molecule has 2 heterocycles. The van der Waals surface area contributed by atoms with E-state index in [1.165, 1.54) is 21.2 Å². The molecule has 1 aromatic heterocycles. The summed E-state index contributed by atoms with van der Waals surface area (Å²) in [5, 5.41) is 12.1. The molecule has 0 spiro atoms. The van der Waals surface area contributed by atoms with Gasteiger partial charge >= 0.3 is 0 Å². The molecule has 1 N–H and O–H groups in total. The highest BCUT2D eigenvalue weighted by Crippen LogP contribution is 2.23. The van der Waals surface area contributed by atoms with Gasteiger partial charge < -0.3 is 5.32 Å². The minimum atomic E-state index is -3.21. The number of benzene rings is 1. The molecule has 1 saturated heterocycles. The van der Waals surface area contributed by atoms with Crippen molar-refractivity contribution < 1.29 is 13.2 Å². The molecule has 3 rings (SSSR count). The van der Waals surface area contributed by atoms with E-state index >= 15 is 0 Å². The van der Waals surface area contributed by atoms with Gasteiger partial charge in [0.1, 0.15) is 5.01 Å². The van der Waals surface area contributed by atoms with Crippen LogP contribution < -0.4 is 5.32 Å². The third-order valence-electron chi connectivity index (χ3n) is 3.86. The van der Waals surface area contributed by atoms with E-state index in [1.54, 1.807) is 0 Å². The lowest BCUT2D eigenvalue weighted by molar-refractivity contribution is -0.122. The van der Waals surface area contributed by atoms with Crippen LogP contribution in [-0.2, 0) is 21.2 Å². The van der Waals surface area contributed by atoms with Gasteiger partial charge in [-0.3, -0.25) is 4.79 Å². The zero-order valence-electron chi connectivity index (χ0n) is 13.4. The SMILES string of the molecule is Cc1ccc(Cc2nnc(NC(=O)C3CN(S(C)(=O)=O)C3)s2)cc1. The second-order valence-corrected chi connectivity index (χ2v) is 8.97. The molecule has 0 saturated carbocycles. The highest BCUT2D eigenvalue weighted by atomic mass is 32.2. The van der Waals surface area contributed by atoms with E-state index in [-0.39, 0.29) is 24.9 Å². The second kappa shape index (κ2) is 6.58. The van der Waals surface area contributed by atoms with E-state index in [2.05, 4.69) is 15.5 Å². The third-order valence-corrected chi connectivity index (χ3v) is 5.94. The molecule has 2 aromatic rings. The molecule has 7 nitrogen and oxygen atoms in total. The maximum atomic E-state index is 12.1. The average Bonchev–Trinajstić information content (AvgIpc) is 2.85. The average molecular weight is 366 g/mol. The fourth-order valence-corrected chi connectivity index (χ4v) is 4.02. The number of nitrogens with one attached hydrogen (secondary N) is 1. The first-order chi connectivity index (χ1) is 11.3. The normalized spacial score (nSPS) is 15.9. The van der Waals surface area contributed by atoms with Crippen molar-refractivity contribution in [1.29, 1.82) is 0 Å². The van der Waals surface area contributed by atoms with Crippen molar-refractivity contribution >= 4 is 32.4 Å². The number of carbonyl (C=O) groups excluding carboxylic acids is 1. The molecule has 0 radical (unpaired) electrons. The summed E-state index contributed by atoms with van der Waals surface area (Å²) in [5.74, 6) is -0.544. The Hall–Kier alpha value is -1.84. The fourth-order valence-electron chi connectivity index (χ4n) is 2.34. The standard InChI is InChI=1S/C15H18N4O3S2/c1-10-3-5-11(6-4-10)7-13-17-18-15(23-13)16-14(20)12-8-19(9-12)24(2,21)22/h3-6,12H,7-9H2,1-2H3,(H,16,18,20). The summed E-state index contributed by atoms with van der Waals surface area (Å²) < 4.78 is 23.9. The second-order valence-electron chi connectivity index (χ2n) is 5.93. The Morgan fingerprint density at radius 3 is 2.58 bits per heavy atom. The van der Waals surface area contributed by atoms with Gasteiger partial charge in [-0.2, -0.15) is 0 Å². The van der Waals surface area contributed by atoms with Gasteiger partial charge in [-0.05, 0) is 12.5 Å². The Morgan fingerprint density at radius 2 is 1.96 bits per heavy atom. The number of hydrogen-bond donors (Lipinski definition) is 1. The van der Waals surface area contributed by atoms with E-state index < -0.39 is 10.0 Å². The molecule has 0 bridgehead atoms. The van der Waals surface area contributed by atoms with Crippen molar-refractivity contribution in [2.24, 2.45) is 5.92 Å². The zero-order chi connectivity index (χ0) is 17.3. The fraction of sp³-hybridized carbons (Fsp3) is 0.400. The lowest BCUT2D eigenvalue weighted by Gasteiger charge is -2.35. The lowest BCUT2D eigenvalue weighted by atomic mass is 10.0. The predicted molar refractivity (Wildman–Crippen MR) is 92.4 cm³/mol. The molecule has 24 heavy (non-hydrogen) atoms. The predicted octanol–water partition coefficient (Wildman–Crippen LogP) is 1.27. The first-order valence-electron chi connectivity index (χ1n) is 7.45. The number of aromatic nitrogens is 2. The van der Waals surface area contributed by atoms with Crippen LogP contribution >= 0.6 is 11.3 Å². The highest BCUT2D eigenvalue weighted by Gasteiger charge is 2.38. The van der Waals surface area contributed by atoms with Gasteiger partial charge in [0.2, 0.25) is 21.1 Å². The van der Waals surface area contributed by atoms with Gasteiger partial charge in [0, 0.05) is 19.5 Å². The van der Waals surface area contributed by atoms with Crippen LogP contribution in [0.15, 0.2) is 24.3 Å². The summed E-state index contributed by atoms with van der Waals surface area (Å²) in [5.41, 5.74) is 2.34. The summed E-state index contributed by atoms with van der Waals surface area (Å²) in [6.45, 7) is 2.48. The maximum absolute atomic E-state index is 12.1. The van der Waals surface area contributed by atoms with Gasteiger partial charge in [0.25, 0.3) is 0 Å². The molecular formula is C15H18N4O3S2. The monoisotopic (exact) mass is 366 g/mol. The Kier molecular flexibility index (Phi) is 4.66. The Labute approximate surface area is 144 Å². The quantitative estimate of drug-likeness (QED) is 0.860. The molecule has 0 unspecified atom stereocenters. The van der Waals surface area contributed by atoms with Crippen molar-refractivity contribution in [2.45, 2.75) is 13.3 Å². The molecule has 1 amide bonds. The lowest BCUT2D eigenvalue weighted by Crippen LogP contribution is -2.53. The van der Waals surface area contributed by atoms with Crippen molar-refractivity contribution in [1.82, 2.24) is 14.5 Å². The number of carbonyl (C=O) groups is 1. The summed E-state index contributed by atoms with van der Waals surface area (Å²) in [4.78, 5) is 12.1. The largest absolute Gasteiger partial charge is 0.300 e. The Balaban J connectivity index is 1.55. The smallest absolute Gasteiger partial charge is 0.231 e. The number of hydrogen-bond acceptors (Lipinski definition) is 6. The molecule has 1 aromatic carbocycles. The molecule has 9 heteroatoms. The minimum Gasteiger partial charge on any atom is -0.300 e. The molecule has 1 fully saturated rings. The highest BCUT2D eigenvalue weighted by molar-refractivity contribution is 7.88. The van der Waals surface area contributed by atoms with E-state index in [1.807, 2.05) is 31.2 Å². The van der Waals surface area contributed by atoms with Gasteiger partial charge in [0.05, 0.1) is 12.2 Å². The van der Waals surface area contributed by atoms with Crippen LogP contribution in [0.5, 0.6) is 0 Å². The van der Waals surface area contributed by atoms with E-state index in [4.69, 9.17) is 0 Å². The number of amides is 1. The van der Waals surface area contributed by atoms with Crippen molar-refractivity contribution in [2.75, 3.05) is 24.7 Å². The summed E-state index contributed by atoms with van der Waals surface area (Å²) in [7, 11) is -3.21.